The van der Waals surface area contributed by atoms with Gasteiger partial charge in [-0.1, -0.05) is 15.9 Å². The molecule has 18 heavy (non-hydrogen) atoms. The van der Waals surface area contributed by atoms with Crippen LogP contribution >= 0.6 is 15.9 Å². The Bertz CT molecular complexity index is 534. The lowest BCUT2D eigenvalue weighted by Crippen LogP contribution is -2.07. The fraction of sp³-hybridized carbons (Fsp3) is 0.357. The molecule has 96 valence electrons. The molecular weight excluding hydrogens is 292 g/mol. The number of aryl methyl sites for hydroxylation is 1. The Kier molecular flexibility index (Phi) is 4.07. The largest absolute Gasteiger partial charge is 0.487 e. The first-order chi connectivity index (χ1) is 8.58. The summed E-state index contributed by atoms with van der Waals surface area (Å²) in [5, 5.41) is 0. The Morgan fingerprint density at radius 3 is 2.83 bits per heavy atom. The van der Waals surface area contributed by atoms with Crippen LogP contribution in [0.1, 0.15) is 31.1 Å². The number of halogens is 1. The van der Waals surface area contributed by atoms with Crippen LogP contribution in [0.3, 0.4) is 0 Å². The molecule has 0 saturated heterocycles. The number of aromatic nitrogens is 2. The number of ether oxygens (including phenoxy) is 1. The molecule has 0 N–H and O–H groups in total. The van der Waals surface area contributed by atoms with Gasteiger partial charge in [0.1, 0.15) is 12.4 Å². The van der Waals surface area contributed by atoms with Crippen molar-refractivity contribution >= 4 is 15.9 Å². The van der Waals surface area contributed by atoms with Crippen molar-refractivity contribution in [2.45, 2.75) is 33.4 Å². The topological polar surface area (TPSA) is 27.1 Å². The highest BCUT2D eigenvalue weighted by Gasteiger charge is 2.06. The summed E-state index contributed by atoms with van der Waals surface area (Å²) in [5.74, 6) is 0.882. The SMILES string of the molecule is Cc1cc(OCc2cncn2C(C)C)ccc1Br. The van der Waals surface area contributed by atoms with E-state index in [1.165, 1.54) is 5.56 Å². The highest BCUT2D eigenvalue weighted by molar-refractivity contribution is 9.10. The molecule has 0 bridgehead atoms. The lowest BCUT2D eigenvalue weighted by atomic mass is 10.2. The van der Waals surface area contributed by atoms with Gasteiger partial charge in [0.25, 0.3) is 0 Å². The van der Waals surface area contributed by atoms with E-state index in [-0.39, 0.29) is 0 Å². The lowest BCUT2D eigenvalue weighted by Gasteiger charge is -2.13. The van der Waals surface area contributed by atoms with E-state index < -0.39 is 0 Å². The molecule has 4 heteroatoms. The van der Waals surface area contributed by atoms with Gasteiger partial charge >= 0.3 is 0 Å². The van der Waals surface area contributed by atoms with E-state index in [9.17, 15) is 0 Å². The zero-order valence-electron chi connectivity index (χ0n) is 10.9. The Labute approximate surface area is 116 Å². The molecule has 0 amide bonds. The summed E-state index contributed by atoms with van der Waals surface area (Å²) in [6.07, 6.45) is 3.70. The van der Waals surface area contributed by atoms with Crippen LogP contribution in [-0.4, -0.2) is 9.55 Å². The molecule has 3 nitrogen and oxygen atoms in total. The van der Waals surface area contributed by atoms with E-state index >= 15 is 0 Å². The molecule has 0 atom stereocenters. The molecule has 1 heterocycles. The maximum Gasteiger partial charge on any atom is 0.130 e. The molecule has 0 spiro atoms. The molecule has 1 aromatic heterocycles. The molecule has 0 unspecified atom stereocenters. The van der Waals surface area contributed by atoms with Crippen LogP contribution in [0, 0.1) is 6.92 Å². The van der Waals surface area contributed by atoms with Crippen molar-refractivity contribution in [3.8, 4) is 5.75 Å². The number of hydrogen-bond acceptors (Lipinski definition) is 2. The molecule has 0 saturated carbocycles. The quantitative estimate of drug-likeness (QED) is 0.849. The minimum absolute atomic E-state index is 0.401. The summed E-state index contributed by atoms with van der Waals surface area (Å²) >= 11 is 3.48. The van der Waals surface area contributed by atoms with Gasteiger partial charge in [-0.2, -0.15) is 0 Å². The maximum atomic E-state index is 5.80. The number of nitrogens with zero attached hydrogens (tertiary/aromatic N) is 2. The number of rotatable bonds is 4. The number of imidazole rings is 1. The predicted octanol–water partition coefficient (Wildman–Crippen LogP) is 4.11. The molecule has 0 fully saturated rings. The van der Waals surface area contributed by atoms with Crippen LogP contribution in [0.15, 0.2) is 35.2 Å². The molecule has 2 aromatic rings. The van der Waals surface area contributed by atoms with Gasteiger partial charge in [0, 0.05) is 10.5 Å². The van der Waals surface area contributed by atoms with E-state index in [2.05, 4.69) is 46.3 Å². The first-order valence-electron chi connectivity index (χ1n) is 5.97. The number of benzene rings is 1. The van der Waals surface area contributed by atoms with Crippen molar-refractivity contribution in [2.24, 2.45) is 0 Å². The average Bonchev–Trinajstić information content (AvgIpc) is 2.79. The van der Waals surface area contributed by atoms with Crippen LogP contribution in [-0.2, 0) is 6.61 Å². The van der Waals surface area contributed by atoms with E-state index in [0.29, 0.717) is 12.6 Å². The second-order valence-electron chi connectivity index (χ2n) is 4.59. The molecular formula is C14H17BrN2O. The molecule has 0 radical (unpaired) electrons. The predicted molar refractivity (Wildman–Crippen MR) is 75.8 cm³/mol. The molecule has 0 aliphatic rings. The third kappa shape index (κ3) is 2.93. The van der Waals surface area contributed by atoms with Gasteiger partial charge in [-0.3, -0.25) is 0 Å². The van der Waals surface area contributed by atoms with Crippen LogP contribution in [0.2, 0.25) is 0 Å². The van der Waals surface area contributed by atoms with Gasteiger partial charge in [-0.25, -0.2) is 4.98 Å². The third-order valence-electron chi connectivity index (χ3n) is 2.82. The fourth-order valence-electron chi connectivity index (χ4n) is 1.77. The van der Waals surface area contributed by atoms with Crippen molar-refractivity contribution in [3.05, 3.63) is 46.5 Å². The summed E-state index contributed by atoms with van der Waals surface area (Å²) in [7, 11) is 0. The van der Waals surface area contributed by atoms with E-state index in [1.54, 1.807) is 0 Å². The highest BCUT2D eigenvalue weighted by atomic mass is 79.9. The maximum absolute atomic E-state index is 5.80. The fourth-order valence-corrected chi connectivity index (χ4v) is 2.02. The van der Waals surface area contributed by atoms with Gasteiger partial charge in [-0.15, -0.1) is 0 Å². The normalized spacial score (nSPS) is 10.9. The van der Waals surface area contributed by atoms with E-state index in [1.807, 2.05) is 30.7 Å². The molecule has 2 rings (SSSR count). The zero-order valence-corrected chi connectivity index (χ0v) is 12.4. The van der Waals surface area contributed by atoms with Crippen molar-refractivity contribution in [1.29, 1.82) is 0 Å². The standard InChI is InChI=1S/C14H17BrN2O/c1-10(2)17-9-16-7-12(17)8-18-13-4-5-14(15)11(3)6-13/h4-7,9-10H,8H2,1-3H3. The summed E-state index contributed by atoms with van der Waals surface area (Å²) in [4.78, 5) is 4.16. The van der Waals surface area contributed by atoms with Crippen molar-refractivity contribution < 1.29 is 4.74 Å². The monoisotopic (exact) mass is 308 g/mol. The molecule has 0 aliphatic carbocycles. The first-order valence-corrected chi connectivity index (χ1v) is 6.77. The van der Waals surface area contributed by atoms with Gasteiger partial charge in [-0.05, 0) is 44.5 Å². The number of hydrogen-bond donors (Lipinski definition) is 0. The van der Waals surface area contributed by atoms with Crippen molar-refractivity contribution in [2.75, 3.05) is 0 Å². The summed E-state index contributed by atoms with van der Waals surface area (Å²) < 4.78 is 9.01. The summed E-state index contributed by atoms with van der Waals surface area (Å²) in [6.45, 7) is 6.86. The average molecular weight is 309 g/mol. The third-order valence-corrected chi connectivity index (χ3v) is 3.71. The smallest absolute Gasteiger partial charge is 0.130 e. The minimum Gasteiger partial charge on any atom is -0.487 e. The zero-order chi connectivity index (χ0) is 13.1. The Balaban J connectivity index is 2.07. The van der Waals surface area contributed by atoms with Gasteiger partial charge in [0.05, 0.1) is 18.2 Å². The Morgan fingerprint density at radius 1 is 1.39 bits per heavy atom. The van der Waals surface area contributed by atoms with Crippen molar-refractivity contribution in [1.82, 2.24) is 9.55 Å². The van der Waals surface area contributed by atoms with Crippen LogP contribution in [0.5, 0.6) is 5.75 Å². The minimum atomic E-state index is 0.401. The Morgan fingerprint density at radius 2 is 2.17 bits per heavy atom. The van der Waals surface area contributed by atoms with Crippen LogP contribution in [0.4, 0.5) is 0 Å². The van der Waals surface area contributed by atoms with E-state index in [0.717, 1.165) is 15.9 Å². The highest BCUT2D eigenvalue weighted by Crippen LogP contribution is 2.22. The van der Waals surface area contributed by atoms with Crippen LogP contribution < -0.4 is 4.74 Å². The van der Waals surface area contributed by atoms with Gasteiger partial charge < -0.3 is 9.30 Å². The van der Waals surface area contributed by atoms with Gasteiger partial charge in [0.15, 0.2) is 0 Å². The second kappa shape index (κ2) is 5.57. The first kappa shape index (κ1) is 13.1. The summed E-state index contributed by atoms with van der Waals surface area (Å²) in [6, 6.07) is 6.40. The van der Waals surface area contributed by atoms with Crippen molar-refractivity contribution in [3.63, 3.8) is 0 Å². The van der Waals surface area contributed by atoms with E-state index in [4.69, 9.17) is 4.74 Å². The van der Waals surface area contributed by atoms with Gasteiger partial charge in [0.2, 0.25) is 0 Å². The molecule has 0 aliphatic heterocycles. The Hall–Kier alpha value is -1.29. The second-order valence-corrected chi connectivity index (χ2v) is 5.44. The lowest BCUT2D eigenvalue weighted by molar-refractivity contribution is 0.292. The summed E-state index contributed by atoms with van der Waals surface area (Å²) in [5.41, 5.74) is 2.26. The molecule has 1 aromatic carbocycles. The van der Waals surface area contributed by atoms with Crippen LogP contribution in [0.25, 0.3) is 0 Å².